The fourth-order valence-corrected chi connectivity index (χ4v) is 6.44. The predicted octanol–water partition coefficient (Wildman–Crippen LogP) is 12.4. The summed E-state index contributed by atoms with van der Waals surface area (Å²) in [7, 11) is 0. The molecule has 0 radical (unpaired) electrons. The molecule has 54 heavy (non-hydrogen) atoms. The van der Waals surface area contributed by atoms with Crippen molar-refractivity contribution < 1.29 is 38.1 Å². The number of carbonyl (C=O) groups excluding carboxylic acids is 4. The van der Waals surface area contributed by atoms with E-state index in [0.717, 1.165) is 25.7 Å². The molecule has 1 aliphatic carbocycles. The van der Waals surface area contributed by atoms with Crippen molar-refractivity contribution in [2.24, 2.45) is 0 Å². The van der Waals surface area contributed by atoms with Crippen LogP contribution in [0.4, 0.5) is 0 Å². The summed E-state index contributed by atoms with van der Waals surface area (Å²) in [6.45, 7) is 5.59. The Morgan fingerprint density at radius 3 is 1.02 bits per heavy atom. The SMILES string of the molecule is CCCCCCCCCCCCOc1ccc(C(=O)OC2=C(Cl)C(=O)C(OC(=O)c3ccc(OCCCCCCCCCCCC)cc3)=C(Cl)C2=O)cc1. The highest BCUT2D eigenvalue weighted by atomic mass is 35.5. The Morgan fingerprint density at radius 2 is 0.722 bits per heavy atom. The zero-order valence-corrected chi connectivity index (χ0v) is 33.7. The number of ether oxygens (including phenoxy) is 4. The van der Waals surface area contributed by atoms with Crippen molar-refractivity contribution in [3.63, 3.8) is 0 Å². The van der Waals surface area contributed by atoms with E-state index in [0.29, 0.717) is 24.7 Å². The average molecular weight is 786 g/mol. The van der Waals surface area contributed by atoms with Crippen molar-refractivity contribution in [1.29, 1.82) is 0 Å². The Bertz CT molecular complexity index is 1410. The van der Waals surface area contributed by atoms with Crippen LogP contribution in [-0.4, -0.2) is 36.7 Å². The van der Waals surface area contributed by atoms with E-state index in [4.69, 9.17) is 42.1 Å². The first-order valence-electron chi connectivity index (χ1n) is 20.1. The summed E-state index contributed by atoms with van der Waals surface area (Å²) in [5.41, 5.74) is 0.207. The first-order valence-corrected chi connectivity index (χ1v) is 20.8. The van der Waals surface area contributed by atoms with Crippen molar-refractivity contribution in [3.05, 3.63) is 81.2 Å². The van der Waals surface area contributed by atoms with Crippen LogP contribution in [0, 0.1) is 0 Å². The smallest absolute Gasteiger partial charge is 0.343 e. The Hall–Kier alpha value is -3.62. The summed E-state index contributed by atoms with van der Waals surface area (Å²) in [5, 5.41) is -1.46. The van der Waals surface area contributed by atoms with Crippen molar-refractivity contribution >= 4 is 46.7 Å². The molecule has 0 fully saturated rings. The molecule has 2 aromatic carbocycles. The van der Waals surface area contributed by atoms with E-state index in [9.17, 15) is 19.2 Å². The molecule has 10 heteroatoms. The van der Waals surface area contributed by atoms with E-state index in [-0.39, 0.29) is 11.1 Å². The molecule has 8 nitrogen and oxygen atoms in total. The molecular weight excluding hydrogens is 727 g/mol. The van der Waals surface area contributed by atoms with Crippen LogP contribution in [0.25, 0.3) is 0 Å². The standard InChI is InChI=1S/C44H58Cl2O8/c1-3-5-7-9-11-13-15-17-19-21-31-51-35-27-23-33(24-28-35)43(49)53-41-37(45)40(48)42(38(46)39(41)47)54-44(50)34-25-29-36(30-26-34)52-32-22-20-18-16-14-12-10-8-6-4-2/h23-30H,3-22,31-32H2,1-2H3. The van der Waals surface area contributed by atoms with Gasteiger partial charge in [0.2, 0.25) is 23.1 Å². The van der Waals surface area contributed by atoms with Crippen LogP contribution in [0.15, 0.2) is 70.1 Å². The lowest BCUT2D eigenvalue weighted by molar-refractivity contribution is -0.119. The van der Waals surface area contributed by atoms with Gasteiger partial charge in [0.1, 0.15) is 21.6 Å². The van der Waals surface area contributed by atoms with Crippen LogP contribution in [0.2, 0.25) is 0 Å². The topological polar surface area (TPSA) is 105 Å². The molecule has 296 valence electrons. The molecule has 0 amide bonds. The third-order valence-electron chi connectivity index (χ3n) is 9.31. The van der Waals surface area contributed by atoms with Crippen LogP contribution in [0.3, 0.4) is 0 Å². The highest BCUT2D eigenvalue weighted by molar-refractivity contribution is 6.55. The molecule has 0 heterocycles. The number of unbranched alkanes of at least 4 members (excludes halogenated alkanes) is 18. The number of ketones is 2. The van der Waals surface area contributed by atoms with Crippen molar-refractivity contribution in [1.82, 2.24) is 0 Å². The molecule has 0 aliphatic heterocycles. The molecule has 0 bridgehead atoms. The third-order valence-corrected chi connectivity index (χ3v) is 10.00. The highest BCUT2D eigenvalue weighted by Gasteiger charge is 2.38. The molecule has 0 aromatic heterocycles. The lowest BCUT2D eigenvalue weighted by Crippen LogP contribution is -2.26. The molecule has 0 unspecified atom stereocenters. The lowest BCUT2D eigenvalue weighted by atomic mass is 10.1. The second-order valence-corrected chi connectivity index (χ2v) is 14.6. The van der Waals surface area contributed by atoms with E-state index in [1.807, 2.05) is 0 Å². The highest BCUT2D eigenvalue weighted by Crippen LogP contribution is 2.32. The quantitative estimate of drug-likeness (QED) is 0.0477. The zero-order valence-electron chi connectivity index (χ0n) is 32.2. The minimum Gasteiger partial charge on any atom is -0.494 e. The van der Waals surface area contributed by atoms with Gasteiger partial charge in [-0.2, -0.15) is 0 Å². The van der Waals surface area contributed by atoms with Crippen LogP contribution in [0.1, 0.15) is 163 Å². The summed E-state index contributed by atoms with van der Waals surface area (Å²) in [6.07, 6.45) is 24.7. The Morgan fingerprint density at radius 1 is 0.444 bits per heavy atom. The molecule has 3 rings (SSSR count). The molecule has 2 aromatic rings. The second-order valence-electron chi connectivity index (χ2n) is 13.8. The number of hydrogen-bond donors (Lipinski definition) is 0. The fraction of sp³-hybridized carbons (Fsp3) is 0.545. The number of hydrogen-bond acceptors (Lipinski definition) is 8. The minimum absolute atomic E-state index is 0.103. The zero-order chi connectivity index (χ0) is 39.0. The van der Waals surface area contributed by atoms with Gasteiger partial charge in [0, 0.05) is 0 Å². The molecule has 1 aliphatic rings. The summed E-state index contributed by atoms with van der Waals surface area (Å²) >= 11 is 12.3. The Balaban J connectivity index is 1.39. The lowest BCUT2D eigenvalue weighted by Gasteiger charge is -2.17. The van der Waals surface area contributed by atoms with E-state index in [2.05, 4.69) is 13.8 Å². The Kier molecular flexibility index (Phi) is 21.7. The van der Waals surface area contributed by atoms with Gasteiger partial charge in [-0.15, -0.1) is 0 Å². The number of esters is 2. The summed E-state index contributed by atoms with van der Waals surface area (Å²) in [4.78, 5) is 51.7. The van der Waals surface area contributed by atoms with Crippen LogP contribution >= 0.6 is 23.2 Å². The summed E-state index contributed by atoms with van der Waals surface area (Å²) in [5.74, 6) is -4.30. The first kappa shape index (κ1) is 44.8. The van der Waals surface area contributed by atoms with Crippen molar-refractivity contribution in [2.45, 2.75) is 142 Å². The van der Waals surface area contributed by atoms with Gasteiger partial charge in [0.15, 0.2) is 0 Å². The maximum atomic E-state index is 13.0. The van der Waals surface area contributed by atoms with Gasteiger partial charge in [0.05, 0.1) is 24.3 Å². The number of halogens is 2. The first-order chi connectivity index (χ1) is 26.3. The van der Waals surface area contributed by atoms with Crippen LogP contribution in [0.5, 0.6) is 11.5 Å². The summed E-state index contributed by atoms with van der Waals surface area (Å²) < 4.78 is 22.0. The van der Waals surface area contributed by atoms with Crippen molar-refractivity contribution in [2.75, 3.05) is 13.2 Å². The number of Topliss-reactive ketones (excluding diaryl/α,β-unsaturated/α-hetero) is 2. The van der Waals surface area contributed by atoms with E-state index in [1.165, 1.54) is 127 Å². The van der Waals surface area contributed by atoms with Gasteiger partial charge in [-0.1, -0.05) is 153 Å². The molecule has 0 atom stereocenters. The van der Waals surface area contributed by atoms with Crippen molar-refractivity contribution in [3.8, 4) is 11.5 Å². The second kappa shape index (κ2) is 26.2. The summed E-state index contributed by atoms with van der Waals surface area (Å²) in [6, 6.07) is 12.4. The fourth-order valence-electron chi connectivity index (χ4n) is 6.02. The predicted molar refractivity (Wildman–Crippen MR) is 214 cm³/mol. The van der Waals surface area contributed by atoms with Gasteiger partial charge in [-0.3, -0.25) is 9.59 Å². The molecular formula is C44H58Cl2O8. The molecule has 0 saturated carbocycles. The van der Waals surface area contributed by atoms with Gasteiger partial charge in [0.25, 0.3) is 0 Å². The number of carbonyl (C=O) groups is 4. The van der Waals surface area contributed by atoms with Crippen LogP contribution < -0.4 is 9.47 Å². The number of allylic oxidation sites excluding steroid dienone is 2. The average Bonchev–Trinajstić information content (AvgIpc) is 3.18. The van der Waals surface area contributed by atoms with Gasteiger partial charge >= 0.3 is 11.9 Å². The Labute approximate surface area is 331 Å². The van der Waals surface area contributed by atoms with E-state index in [1.54, 1.807) is 24.3 Å². The van der Waals surface area contributed by atoms with Crippen LogP contribution in [-0.2, 0) is 19.1 Å². The third kappa shape index (κ3) is 16.0. The maximum absolute atomic E-state index is 13.0. The van der Waals surface area contributed by atoms with Gasteiger partial charge < -0.3 is 18.9 Å². The number of benzene rings is 2. The maximum Gasteiger partial charge on any atom is 0.343 e. The molecule has 0 saturated heterocycles. The number of rotatable bonds is 28. The molecule has 0 spiro atoms. The van der Waals surface area contributed by atoms with E-state index >= 15 is 0 Å². The minimum atomic E-state index is -1.07. The monoisotopic (exact) mass is 784 g/mol. The largest absolute Gasteiger partial charge is 0.494 e. The van der Waals surface area contributed by atoms with Gasteiger partial charge in [-0.25, -0.2) is 9.59 Å². The molecule has 0 N–H and O–H groups in total. The normalized spacial score (nSPS) is 13.0. The van der Waals surface area contributed by atoms with E-state index < -0.39 is 45.1 Å². The van der Waals surface area contributed by atoms with Gasteiger partial charge in [-0.05, 0) is 61.4 Å².